The number of aryl methyl sites for hydroxylation is 1. The van der Waals surface area contributed by atoms with Crippen LogP contribution in [0.15, 0.2) is 30.3 Å². The highest BCUT2D eigenvalue weighted by molar-refractivity contribution is 6.04. The lowest BCUT2D eigenvalue weighted by Gasteiger charge is -2.37. The lowest BCUT2D eigenvalue weighted by molar-refractivity contribution is 0.246. The third kappa shape index (κ3) is 2.85. The maximum atomic E-state index is 4.88. The number of benzene rings is 1. The van der Waals surface area contributed by atoms with Gasteiger partial charge in [-0.05, 0) is 56.3 Å². The summed E-state index contributed by atoms with van der Waals surface area (Å²) < 4.78 is 4.69. The van der Waals surface area contributed by atoms with Crippen LogP contribution in [0.1, 0.15) is 19.3 Å². The van der Waals surface area contributed by atoms with E-state index in [0.29, 0.717) is 6.04 Å². The first kappa shape index (κ1) is 15.7. The lowest BCUT2D eigenvalue weighted by atomic mass is 9.94. The normalized spacial score (nSPS) is 28.8. The topological polar surface area (TPSA) is 49.2 Å². The van der Waals surface area contributed by atoms with Crippen molar-refractivity contribution in [3.63, 3.8) is 0 Å². The summed E-state index contributed by atoms with van der Waals surface area (Å²) in [6, 6.07) is 11.1. The molecule has 1 aromatic heterocycles. The molecule has 2 fully saturated rings. The highest BCUT2D eigenvalue weighted by Gasteiger charge is 2.41. The molecule has 1 aromatic carbocycles. The molecule has 1 unspecified atom stereocenters. The van der Waals surface area contributed by atoms with Gasteiger partial charge in [0.15, 0.2) is 0 Å². The first-order valence-corrected chi connectivity index (χ1v) is 10.4. The van der Waals surface area contributed by atoms with Gasteiger partial charge in [-0.1, -0.05) is 18.2 Å². The van der Waals surface area contributed by atoms with Crippen molar-refractivity contribution < 1.29 is 0 Å². The minimum Gasteiger partial charge on any atom is -0.390 e. The molecule has 6 nitrogen and oxygen atoms in total. The molecule has 3 aliphatic rings. The quantitative estimate of drug-likeness (QED) is 0.849. The van der Waals surface area contributed by atoms with Gasteiger partial charge >= 0.3 is 16.5 Å². The van der Waals surface area contributed by atoms with E-state index in [1.165, 1.54) is 48.1 Å². The summed E-state index contributed by atoms with van der Waals surface area (Å²) >= 11 is 1.19. The standard InChI is InChI=1S/C18H23N6.Al.2H/c1-2-5-15(6-3-1)23-9-4-10-24-18(23)21-17(22-24)20-16-13-7-8-14(16)12-19-11-13;;;/h1-3,5-6,13-14,16H,4,7-12H2,(H,20,22);;;/q-1;+1;;/t13-,14+,16?;;;. The highest BCUT2D eigenvalue weighted by Crippen LogP contribution is 2.38. The molecule has 0 spiro atoms. The van der Waals surface area contributed by atoms with Crippen LogP contribution in [0.3, 0.4) is 0 Å². The maximum absolute atomic E-state index is 4.88. The second-order valence-corrected chi connectivity index (χ2v) is 9.05. The largest absolute Gasteiger partial charge is 0.390 e. The molecular formula is C18H25AlN6. The highest BCUT2D eigenvalue weighted by atomic mass is 27.1. The average Bonchev–Trinajstić information content (AvgIpc) is 3.14. The Balaban J connectivity index is 1.39. The Morgan fingerprint density at radius 1 is 1.04 bits per heavy atom. The fourth-order valence-electron chi connectivity index (χ4n) is 4.92. The van der Waals surface area contributed by atoms with Crippen LogP contribution in [0.5, 0.6) is 0 Å². The van der Waals surface area contributed by atoms with Crippen molar-refractivity contribution in [1.29, 1.82) is 0 Å². The van der Waals surface area contributed by atoms with Crippen LogP contribution in [-0.2, 0) is 6.54 Å². The van der Waals surface area contributed by atoms with Crippen LogP contribution in [0.2, 0.25) is 0 Å². The van der Waals surface area contributed by atoms with Gasteiger partial charge in [-0.2, -0.15) is 4.98 Å². The summed E-state index contributed by atoms with van der Waals surface area (Å²) in [5.41, 5.74) is 1.20. The van der Waals surface area contributed by atoms with Gasteiger partial charge in [-0.15, -0.1) is 5.10 Å². The molecule has 7 heteroatoms. The molecule has 1 N–H and O–H groups in total. The monoisotopic (exact) mass is 352 g/mol. The zero-order chi connectivity index (χ0) is 16.8. The van der Waals surface area contributed by atoms with Gasteiger partial charge in [0.25, 0.3) is 0 Å². The third-order valence-electron chi connectivity index (χ3n) is 6.03. The van der Waals surface area contributed by atoms with Crippen molar-refractivity contribution >= 4 is 34.1 Å². The molecule has 0 amide bonds. The van der Waals surface area contributed by atoms with Gasteiger partial charge in [0.05, 0.1) is 0 Å². The molecule has 130 valence electrons. The Hall–Kier alpha value is -1.55. The summed E-state index contributed by atoms with van der Waals surface area (Å²) in [5, 5.41) is 8.50. The van der Waals surface area contributed by atoms with E-state index in [4.69, 9.17) is 10.1 Å². The van der Waals surface area contributed by atoms with Crippen LogP contribution >= 0.6 is 0 Å². The molecule has 2 aromatic rings. The summed E-state index contributed by atoms with van der Waals surface area (Å²) in [5.74, 6) is 3.33. The van der Waals surface area contributed by atoms with Gasteiger partial charge in [-0.25, -0.2) is 4.68 Å². The molecule has 1 aliphatic carbocycles. The minimum absolute atomic E-state index is 0.555. The predicted molar refractivity (Wildman–Crippen MR) is 102 cm³/mol. The van der Waals surface area contributed by atoms with E-state index >= 15 is 0 Å². The Bertz CT molecular complexity index is 733. The van der Waals surface area contributed by atoms with E-state index in [1.807, 2.05) is 0 Å². The number of rotatable bonds is 3. The maximum Gasteiger partial charge on any atom is 0.321 e. The van der Waals surface area contributed by atoms with Crippen molar-refractivity contribution in [1.82, 2.24) is 18.6 Å². The molecule has 3 atom stereocenters. The number of aromatic nitrogens is 3. The fourth-order valence-corrected chi connectivity index (χ4v) is 5.86. The molecule has 25 heavy (non-hydrogen) atoms. The van der Waals surface area contributed by atoms with E-state index in [2.05, 4.69) is 49.1 Å². The first-order valence-electron chi connectivity index (χ1n) is 9.50. The van der Waals surface area contributed by atoms with Crippen molar-refractivity contribution in [2.75, 3.05) is 29.9 Å². The molecule has 2 bridgehead atoms. The van der Waals surface area contributed by atoms with Gasteiger partial charge < -0.3 is 14.1 Å². The summed E-state index contributed by atoms with van der Waals surface area (Å²) in [4.78, 5) is 7.17. The molecule has 2 aliphatic heterocycles. The Morgan fingerprint density at radius 2 is 1.80 bits per heavy atom. The molecule has 1 saturated carbocycles. The molecule has 1 saturated heterocycles. The Morgan fingerprint density at radius 3 is 2.56 bits per heavy atom. The number of para-hydroxylation sites is 1. The van der Waals surface area contributed by atoms with E-state index in [9.17, 15) is 0 Å². The average molecular weight is 352 g/mol. The van der Waals surface area contributed by atoms with Crippen molar-refractivity contribution in [2.24, 2.45) is 11.8 Å². The zero-order valence-electron chi connectivity index (χ0n) is 14.8. The molecule has 5 rings (SSSR count). The zero-order valence-corrected chi connectivity index (χ0v) is 16.8. The van der Waals surface area contributed by atoms with Gasteiger partial charge in [0.1, 0.15) is 0 Å². The summed E-state index contributed by atoms with van der Waals surface area (Å²) in [6.45, 7) is 4.47. The molecular weight excluding hydrogens is 327 g/mol. The lowest BCUT2D eigenvalue weighted by Crippen LogP contribution is -2.47. The number of nitrogens with one attached hydrogen (secondary N) is 1. The predicted octanol–water partition coefficient (Wildman–Crippen LogP) is 1.49. The first-order chi connectivity index (χ1) is 12.3. The fraction of sp³-hybridized carbons (Fsp3) is 0.556. The minimum atomic E-state index is 0.555. The van der Waals surface area contributed by atoms with Crippen molar-refractivity contribution in [3.8, 4) is 0 Å². The van der Waals surface area contributed by atoms with Crippen LogP contribution < -0.4 is 10.2 Å². The Kier molecular flexibility index (Phi) is 3.96. The Labute approximate surface area is 156 Å². The van der Waals surface area contributed by atoms with Crippen LogP contribution in [0, 0.1) is 11.8 Å². The summed E-state index contributed by atoms with van der Waals surface area (Å²) in [7, 11) is 0. The second kappa shape index (κ2) is 6.31. The van der Waals surface area contributed by atoms with Crippen LogP contribution in [0.25, 0.3) is 0 Å². The van der Waals surface area contributed by atoms with Gasteiger partial charge in [-0.3, -0.25) is 0 Å². The number of piperidine rings is 1. The number of fused-ring (bicyclic) bond motifs is 3. The van der Waals surface area contributed by atoms with E-state index in [-0.39, 0.29) is 0 Å². The number of anilines is 3. The number of hydrogen-bond donors (Lipinski definition) is 1. The number of hydrogen-bond acceptors (Lipinski definition) is 5. The van der Waals surface area contributed by atoms with E-state index < -0.39 is 0 Å². The third-order valence-corrected chi connectivity index (χ3v) is 6.76. The molecule has 0 radical (unpaired) electrons. The SMILES string of the molecule is [AlH2][N]1C[C@H]2CC[C@@H](C1)C2Nc1nc2n(n1)CCCN2c1ccccc1. The van der Waals surface area contributed by atoms with Crippen molar-refractivity contribution in [2.45, 2.75) is 31.8 Å². The smallest absolute Gasteiger partial charge is 0.321 e. The van der Waals surface area contributed by atoms with Crippen LogP contribution in [-0.4, -0.2) is 60.8 Å². The van der Waals surface area contributed by atoms with Gasteiger partial charge in [0.2, 0.25) is 11.9 Å². The van der Waals surface area contributed by atoms with Gasteiger partial charge in [0, 0.05) is 24.8 Å². The number of nitrogens with zero attached hydrogens (tertiary/aromatic N) is 5. The van der Waals surface area contributed by atoms with E-state index in [0.717, 1.165) is 43.2 Å². The van der Waals surface area contributed by atoms with E-state index in [1.54, 1.807) is 0 Å². The second-order valence-electron chi connectivity index (χ2n) is 7.79. The van der Waals surface area contributed by atoms with Crippen LogP contribution in [0.4, 0.5) is 17.6 Å². The summed E-state index contributed by atoms with van der Waals surface area (Å²) in [6.07, 6.45) is 3.81. The van der Waals surface area contributed by atoms with Crippen molar-refractivity contribution in [3.05, 3.63) is 30.3 Å². The molecule has 3 heterocycles.